The molecule has 2 amide bonds. The van der Waals surface area contributed by atoms with Crippen molar-refractivity contribution >= 4 is 23.4 Å². The third-order valence-corrected chi connectivity index (χ3v) is 6.92. The van der Waals surface area contributed by atoms with E-state index in [0.717, 1.165) is 49.7 Å². The average molecular weight is 425 g/mol. The summed E-state index contributed by atoms with van der Waals surface area (Å²) in [4.78, 5) is 29.1. The van der Waals surface area contributed by atoms with Crippen molar-refractivity contribution in [3.05, 3.63) is 70.2 Å². The van der Waals surface area contributed by atoms with E-state index in [-0.39, 0.29) is 17.7 Å². The second-order valence-corrected chi connectivity index (χ2v) is 8.92. The fourth-order valence-electron chi connectivity index (χ4n) is 5.20. The number of hydrogen-bond donors (Lipinski definition) is 1. The number of carbonyl (C=O) groups is 2. The summed E-state index contributed by atoms with van der Waals surface area (Å²) in [6.07, 6.45) is 5.85. The Morgan fingerprint density at radius 3 is 2.53 bits per heavy atom. The molecule has 1 fully saturated rings. The van der Waals surface area contributed by atoms with E-state index in [1.54, 1.807) is 0 Å². The molecule has 2 aromatic rings. The van der Waals surface area contributed by atoms with E-state index < -0.39 is 5.54 Å². The SMILES string of the molecule is CCCCN1C(=O)c2ccccc2[C@@H](C(=O)NCc2ccc(Cl)cc2)C12CCCC2. The van der Waals surface area contributed by atoms with Gasteiger partial charge in [0.25, 0.3) is 5.91 Å². The van der Waals surface area contributed by atoms with Crippen LogP contribution in [-0.2, 0) is 11.3 Å². The molecule has 4 rings (SSSR count). The fourth-order valence-corrected chi connectivity index (χ4v) is 5.33. The third-order valence-electron chi connectivity index (χ3n) is 6.67. The molecule has 0 bridgehead atoms. The van der Waals surface area contributed by atoms with Crippen LogP contribution in [0, 0.1) is 0 Å². The summed E-state index contributed by atoms with van der Waals surface area (Å²) < 4.78 is 0. The van der Waals surface area contributed by atoms with Crippen LogP contribution >= 0.6 is 11.6 Å². The number of benzene rings is 2. The number of hydrogen-bond acceptors (Lipinski definition) is 2. The van der Waals surface area contributed by atoms with Gasteiger partial charge in [0.2, 0.25) is 5.91 Å². The Balaban J connectivity index is 1.68. The van der Waals surface area contributed by atoms with Crippen molar-refractivity contribution in [2.45, 2.75) is 63.5 Å². The van der Waals surface area contributed by atoms with E-state index in [4.69, 9.17) is 11.6 Å². The molecule has 0 radical (unpaired) electrons. The first kappa shape index (κ1) is 20.9. The maximum atomic E-state index is 13.6. The Bertz CT molecular complexity index is 919. The second kappa shape index (κ2) is 8.81. The Morgan fingerprint density at radius 1 is 1.13 bits per heavy atom. The second-order valence-electron chi connectivity index (χ2n) is 8.49. The zero-order valence-corrected chi connectivity index (χ0v) is 18.3. The van der Waals surface area contributed by atoms with E-state index in [9.17, 15) is 9.59 Å². The maximum absolute atomic E-state index is 13.6. The van der Waals surface area contributed by atoms with Gasteiger partial charge in [0.05, 0.1) is 11.5 Å². The normalized spacial score (nSPS) is 19.7. The Kier molecular flexibility index (Phi) is 6.14. The minimum Gasteiger partial charge on any atom is -0.351 e. The van der Waals surface area contributed by atoms with Crippen LogP contribution in [0.15, 0.2) is 48.5 Å². The number of carbonyl (C=O) groups excluding carboxylic acids is 2. The fraction of sp³-hybridized carbons (Fsp3) is 0.440. The molecule has 158 valence electrons. The molecule has 5 heteroatoms. The number of nitrogens with one attached hydrogen (secondary N) is 1. The molecule has 0 unspecified atom stereocenters. The highest BCUT2D eigenvalue weighted by Gasteiger charge is 2.55. The molecule has 1 aliphatic carbocycles. The van der Waals surface area contributed by atoms with E-state index in [1.807, 2.05) is 53.4 Å². The molecule has 1 aliphatic heterocycles. The van der Waals surface area contributed by atoms with E-state index in [0.29, 0.717) is 23.7 Å². The highest BCUT2D eigenvalue weighted by atomic mass is 35.5. The molecule has 1 spiro atoms. The maximum Gasteiger partial charge on any atom is 0.254 e. The van der Waals surface area contributed by atoms with E-state index in [2.05, 4.69) is 12.2 Å². The number of fused-ring (bicyclic) bond motifs is 1. The van der Waals surface area contributed by atoms with Gasteiger partial charge in [0.15, 0.2) is 0 Å². The standard InChI is InChI=1S/C25H29ClN2O2/c1-2-3-16-28-24(30)21-9-5-4-8-20(21)22(25(28)14-6-7-15-25)23(29)27-17-18-10-12-19(26)13-11-18/h4-5,8-13,22H,2-3,6-7,14-17H2,1H3,(H,27,29)/t22-/m0/s1. The first-order valence-electron chi connectivity index (χ1n) is 11.0. The summed E-state index contributed by atoms with van der Waals surface area (Å²) >= 11 is 5.98. The number of halogens is 1. The molecular formula is C25H29ClN2O2. The van der Waals surface area contributed by atoms with Gasteiger partial charge in [0.1, 0.15) is 0 Å². The van der Waals surface area contributed by atoms with Crippen molar-refractivity contribution < 1.29 is 9.59 Å². The Labute approximate surface area is 183 Å². The van der Waals surface area contributed by atoms with Gasteiger partial charge in [-0.25, -0.2) is 0 Å². The van der Waals surface area contributed by atoms with Gasteiger partial charge < -0.3 is 10.2 Å². The van der Waals surface area contributed by atoms with Crippen LogP contribution in [0.1, 0.15) is 72.9 Å². The van der Waals surface area contributed by atoms with Crippen LogP contribution in [0.4, 0.5) is 0 Å². The monoisotopic (exact) mass is 424 g/mol. The van der Waals surface area contributed by atoms with Gasteiger partial charge in [0, 0.05) is 23.7 Å². The van der Waals surface area contributed by atoms with E-state index in [1.165, 1.54) is 0 Å². The molecule has 1 heterocycles. The Hall–Kier alpha value is -2.33. The predicted octanol–water partition coefficient (Wildman–Crippen LogP) is 5.31. The summed E-state index contributed by atoms with van der Waals surface area (Å²) in [5.41, 5.74) is 2.16. The van der Waals surface area contributed by atoms with Gasteiger partial charge >= 0.3 is 0 Å². The van der Waals surface area contributed by atoms with Gasteiger partial charge in [-0.2, -0.15) is 0 Å². The van der Waals surface area contributed by atoms with Gasteiger partial charge in [-0.1, -0.05) is 68.1 Å². The smallest absolute Gasteiger partial charge is 0.254 e. The van der Waals surface area contributed by atoms with Crippen LogP contribution in [0.2, 0.25) is 5.02 Å². The molecule has 1 atom stereocenters. The highest BCUT2D eigenvalue weighted by molar-refractivity contribution is 6.30. The molecule has 30 heavy (non-hydrogen) atoms. The topological polar surface area (TPSA) is 49.4 Å². The summed E-state index contributed by atoms with van der Waals surface area (Å²) in [5, 5.41) is 3.83. The number of rotatable bonds is 6. The third kappa shape index (κ3) is 3.74. The highest BCUT2D eigenvalue weighted by Crippen LogP contribution is 2.50. The summed E-state index contributed by atoms with van der Waals surface area (Å²) in [6.45, 7) is 3.30. The molecule has 4 nitrogen and oxygen atoms in total. The van der Waals surface area contributed by atoms with Gasteiger partial charge in [-0.3, -0.25) is 9.59 Å². The molecular weight excluding hydrogens is 396 g/mol. The lowest BCUT2D eigenvalue weighted by molar-refractivity contribution is -0.126. The van der Waals surface area contributed by atoms with Crippen molar-refractivity contribution in [2.75, 3.05) is 6.54 Å². The van der Waals surface area contributed by atoms with Crippen LogP contribution in [0.5, 0.6) is 0 Å². The zero-order valence-electron chi connectivity index (χ0n) is 17.5. The van der Waals surface area contributed by atoms with Crippen LogP contribution < -0.4 is 5.32 Å². The average Bonchev–Trinajstić information content (AvgIpc) is 3.23. The lowest BCUT2D eigenvalue weighted by atomic mass is 9.71. The quantitative estimate of drug-likeness (QED) is 0.683. The minimum atomic E-state index is -0.412. The van der Waals surface area contributed by atoms with Gasteiger partial charge in [-0.05, 0) is 48.6 Å². The van der Waals surface area contributed by atoms with Crippen molar-refractivity contribution in [3.8, 4) is 0 Å². The summed E-state index contributed by atoms with van der Waals surface area (Å²) in [5.74, 6) is -0.242. The van der Waals surface area contributed by atoms with E-state index >= 15 is 0 Å². The number of amides is 2. The molecule has 2 aromatic carbocycles. The summed E-state index contributed by atoms with van der Waals surface area (Å²) in [7, 11) is 0. The lowest BCUT2D eigenvalue weighted by Gasteiger charge is -2.50. The summed E-state index contributed by atoms with van der Waals surface area (Å²) in [6, 6.07) is 15.2. The van der Waals surface area contributed by atoms with Crippen LogP contribution in [0.3, 0.4) is 0 Å². The zero-order chi connectivity index (χ0) is 21.1. The van der Waals surface area contributed by atoms with Gasteiger partial charge in [-0.15, -0.1) is 0 Å². The van der Waals surface area contributed by atoms with Crippen molar-refractivity contribution in [3.63, 3.8) is 0 Å². The molecule has 2 aliphatic rings. The van der Waals surface area contributed by atoms with Crippen LogP contribution in [-0.4, -0.2) is 28.8 Å². The van der Waals surface area contributed by atoms with Crippen molar-refractivity contribution in [1.29, 1.82) is 0 Å². The molecule has 0 aromatic heterocycles. The molecule has 1 saturated carbocycles. The molecule has 1 N–H and O–H groups in total. The first-order valence-corrected chi connectivity index (χ1v) is 11.4. The first-order chi connectivity index (χ1) is 14.6. The number of unbranched alkanes of at least 4 members (excludes halogenated alkanes) is 1. The number of nitrogens with zero attached hydrogens (tertiary/aromatic N) is 1. The Morgan fingerprint density at radius 2 is 1.83 bits per heavy atom. The largest absolute Gasteiger partial charge is 0.351 e. The van der Waals surface area contributed by atoms with Crippen molar-refractivity contribution in [2.24, 2.45) is 0 Å². The predicted molar refractivity (Wildman–Crippen MR) is 120 cm³/mol. The molecule has 0 saturated heterocycles. The van der Waals surface area contributed by atoms with Crippen molar-refractivity contribution in [1.82, 2.24) is 10.2 Å². The minimum absolute atomic E-state index is 0.00768. The van der Waals surface area contributed by atoms with Crippen LogP contribution in [0.25, 0.3) is 0 Å². The lowest BCUT2D eigenvalue weighted by Crippen LogP contribution is -2.60.